The van der Waals surface area contributed by atoms with Crippen LogP contribution < -0.4 is 10.0 Å². The number of benzene rings is 2. The summed E-state index contributed by atoms with van der Waals surface area (Å²) in [5.41, 5.74) is 3.02. The summed E-state index contributed by atoms with van der Waals surface area (Å²) in [5, 5.41) is 2.91. The largest absolute Gasteiger partial charge is 0.326 e. The molecule has 0 spiro atoms. The van der Waals surface area contributed by atoms with Gasteiger partial charge in [-0.15, -0.1) is 0 Å². The first-order valence-electron chi connectivity index (χ1n) is 9.65. The summed E-state index contributed by atoms with van der Waals surface area (Å²) in [6, 6.07) is 14.7. The van der Waals surface area contributed by atoms with Crippen molar-refractivity contribution in [2.45, 2.75) is 62.8 Å². The fourth-order valence-corrected chi connectivity index (χ4v) is 4.16. The van der Waals surface area contributed by atoms with Crippen LogP contribution >= 0.6 is 0 Å². The first-order valence-corrected chi connectivity index (χ1v) is 11.1. The minimum atomic E-state index is -3.43. The molecule has 0 atom stereocenters. The molecule has 0 saturated heterocycles. The number of aryl methyl sites for hydroxylation is 1. The van der Waals surface area contributed by atoms with Crippen molar-refractivity contribution in [1.82, 2.24) is 4.72 Å². The molecule has 2 aromatic rings. The molecule has 1 saturated carbocycles. The van der Waals surface area contributed by atoms with E-state index in [0.717, 1.165) is 24.1 Å². The van der Waals surface area contributed by atoms with E-state index in [1.807, 2.05) is 24.3 Å². The third-order valence-corrected chi connectivity index (χ3v) is 6.34. The molecule has 0 radical (unpaired) electrons. The van der Waals surface area contributed by atoms with Gasteiger partial charge in [0.2, 0.25) is 15.9 Å². The maximum absolute atomic E-state index is 12.2. The number of hydrogen-bond donors (Lipinski definition) is 2. The lowest BCUT2D eigenvalue weighted by molar-refractivity contribution is -0.116. The highest BCUT2D eigenvalue weighted by Crippen LogP contribution is 2.24. The Morgan fingerprint density at radius 2 is 1.61 bits per heavy atom. The number of rotatable bonds is 7. The third-order valence-electron chi connectivity index (χ3n) is 4.81. The molecule has 0 aliphatic heterocycles. The highest BCUT2D eigenvalue weighted by molar-refractivity contribution is 7.89. The van der Waals surface area contributed by atoms with E-state index in [1.54, 1.807) is 24.3 Å². The lowest BCUT2D eigenvalue weighted by Gasteiger charge is -2.19. The fourth-order valence-electron chi connectivity index (χ4n) is 2.86. The van der Waals surface area contributed by atoms with Crippen molar-refractivity contribution in [1.29, 1.82) is 0 Å². The van der Waals surface area contributed by atoms with Gasteiger partial charge < -0.3 is 5.32 Å². The molecule has 0 heterocycles. The van der Waals surface area contributed by atoms with Crippen molar-refractivity contribution < 1.29 is 13.2 Å². The number of carbonyl (C=O) groups excluding carboxylic acids is 1. The van der Waals surface area contributed by atoms with Crippen molar-refractivity contribution in [2.75, 3.05) is 5.32 Å². The monoisotopic (exact) mass is 400 g/mol. The van der Waals surface area contributed by atoms with Crippen LogP contribution in [0.1, 0.15) is 51.2 Å². The van der Waals surface area contributed by atoms with Gasteiger partial charge in [-0.25, -0.2) is 13.1 Å². The van der Waals surface area contributed by atoms with E-state index in [9.17, 15) is 13.2 Å². The third kappa shape index (κ3) is 5.66. The molecule has 1 aliphatic rings. The first-order chi connectivity index (χ1) is 13.1. The summed E-state index contributed by atoms with van der Waals surface area (Å²) in [5.74, 6) is -0.0596. The van der Waals surface area contributed by atoms with Gasteiger partial charge in [0, 0.05) is 18.2 Å². The quantitative estimate of drug-likeness (QED) is 0.738. The summed E-state index contributed by atoms with van der Waals surface area (Å²) < 4.78 is 27.0. The Kier molecular flexibility index (Phi) is 5.91. The summed E-state index contributed by atoms with van der Waals surface area (Å²) in [7, 11) is -3.43. The Bertz CT molecular complexity index is 923. The van der Waals surface area contributed by atoms with Crippen molar-refractivity contribution in [3.05, 3.63) is 59.7 Å². The number of hydrogen-bond acceptors (Lipinski definition) is 3. The number of sulfonamides is 1. The zero-order valence-corrected chi connectivity index (χ0v) is 17.5. The lowest BCUT2D eigenvalue weighted by atomic mass is 9.87. The molecule has 5 nitrogen and oxygen atoms in total. The van der Waals surface area contributed by atoms with Crippen LogP contribution in [0, 0.1) is 0 Å². The first kappa shape index (κ1) is 20.6. The lowest BCUT2D eigenvalue weighted by Crippen LogP contribution is -2.25. The summed E-state index contributed by atoms with van der Waals surface area (Å²) in [6.45, 7) is 6.46. The molecule has 0 bridgehead atoms. The van der Waals surface area contributed by atoms with Crippen molar-refractivity contribution in [3.8, 4) is 0 Å². The molecule has 1 aliphatic carbocycles. The zero-order valence-electron chi connectivity index (χ0n) is 16.7. The number of anilines is 1. The predicted molar refractivity (Wildman–Crippen MR) is 112 cm³/mol. The van der Waals surface area contributed by atoms with Crippen LogP contribution in [0.5, 0.6) is 0 Å². The van der Waals surface area contributed by atoms with E-state index in [0.29, 0.717) is 12.8 Å². The Labute approximate surface area is 167 Å². The maximum atomic E-state index is 12.2. The van der Waals surface area contributed by atoms with Crippen LogP contribution in [-0.4, -0.2) is 20.4 Å². The Hall–Kier alpha value is -2.18. The van der Waals surface area contributed by atoms with E-state index in [4.69, 9.17) is 0 Å². The molecule has 1 fully saturated rings. The average molecular weight is 401 g/mol. The summed E-state index contributed by atoms with van der Waals surface area (Å²) in [4.78, 5) is 12.5. The smallest absolute Gasteiger partial charge is 0.240 e. The second kappa shape index (κ2) is 8.05. The highest BCUT2D eigenvalue weighted by atomic mass is 32.2. The van der Waals surface area contributed by atoms with Crippen LogP contribution in [0.25, 0.3) is 0 Å². The molecule has 2 N–H and O–H groups in total. The molecule has 150 valence electrons. The molecular weight excluding hydrogens is 372 g/mol. The Balaban J connectivity index is 1.51. The Morgan fingerprint density at radius 3 is 2.14 bits per heavy atom. The van der Waals surface area contributed by atoms with Crippen molar-refractivity contribution >= 4 is 21.6 Å². The number of amides is 1. The van der Waals surface area contributed by atoms with Crippen LogP contribution in [0.15, 0.2) is 53.4 Å². The molecule has 0 unspecified atom stereocenters. The van der Waals surface area contributed by atoms with Crippen LogP contribution in [0.3, 0.4) is 0 Å². The van der Waals surface area contributed by atoms with E-state index in [-0.39, 0.29) is 22.3 Å². The summed E-state index contributed by atoms with van der Waals surface area (Å²) in [6.07, 6.45) is 2.71. The maximum Gasteiger partial charge on any atom is 0.240 e. The van der Waals surface area contributed by atoms with Gasteiger partial charge in [0.1, 0.15) is 0 Å². The number of nitrogens with one attached hydrogen (secondary N) is 2. The topological polar surface area (TPSA) is 75.3 Å². The fraction of sp³-hybridized carbons (Fsp3) is 0.409. The minimum Gasteiger partial charge on any atom is -0.326 e. The van der Waals surface area contributed by atoms with Gasteiger partial charge in [-0.2, -0.15) is 0 Å². The second-order valence-electron chi connectivity index (χ2n) is 8.42. The molecule has 2 aromatic carbocycles. The summed E-state index contributed by atoms with van der Waals surface area (Å²) >= 11 is 0. The SMILES string of the molecule is CC(C)(C)c1ccc(NC(=O)CCc2ccc(S(=O)(=O)NC3CC3)cc2)cc1. The number of carbonyl (C=O) groups is 1. The van der Waals surface area contributed by atoms with Gasteiger partial charge in [0.25, 0.3) is 0 Å². The predicted octanol–water partition coefficient (Wildman–Crippen LogP) is 4.00. The minimum absolute atomic E-state index is 0.0596. The molecule has 28 heavy (non-hydrogen) atoms. The van der Waals surface area contributed by atoms with Gasteiger partial charge >= 0.3 is 0 Å². The Morgan fingerprint density at radius 1 is 1.00 bits per heavy atom. The molecular formula is C22H28N2O3S. The van der Waals surface area contributed by atoms with Gasteiger partial charge in [0.05, 0.1) is 4.90 Å². The van der Waals surface area contributed by atoms with Crippen molar-refractivity contribution in [3.63, 3.8) is 0 Å². The van der Waals surface area contributed by atoms with E-state index in [1.165, 1.54) is 5.56 Å². The highest BCUT2D eigenvalue weighted by Gasteiger charge is 2.27. The standard InChI is InChI=1S/C22H28N2O3S/c1-22(2,3)17-7-9-18(10-8-17)23-21(25)15-6-16-4-13-20(14-5-16)28(26,27)24-19-11-12-19/h4-5,7-10,13-14,19,24H,6,11-12,15H2,1-3H3,(H,23,25). The van der Waals surface area contributed by atoms with Crippen LogP contribution in [-0.2, 0) is 26.7 Å². The zero-order chi connectivity index (χ0) is 20.4. The van der Waals surface area contributed by atoms with Crippen LogP contribution in [0.4, 0.5) is 5.69 Å². The average Bonchev–Trinajstić information content (AvgIpc) is 3.43. The normalized spacial score (nSPS) is 14.7. The molecule has 3 rings (SSSR count). The van der Waals surface area contributed by atoms with E-state index < -0.39 is 10.0 Å². The second-order valence-corrected chi connectivity index (χ2v) is 10.1. The van der Waals surface area contributed by atoms with E-state index >= 15 is 0 Å². The van der Waals surface area contributed by atoms with Crippen LogP contribution in [0.2, 0.25) is 0 Å². The van der Waals surface area contributed by atoms with Gasteiger partial charge in [-0.3, -0.25) is 4.79 Å². The van der Waals surface area contributed by atoms with E-state index in [2.05, 4.69) is 30.8 Å². The molecule has 0 aromatic heterocycles. The van der Waals surface area contributed by atoms with Gasteiger partial charge in [0.15, 0.2) is 0 Å². The van der Waals surface area contributed by atoms with Gasteiger partial charge in [-0.1, -0.05) is 45.0 Å². The van der Waals surface area contributed by atoms with Gasteiger partial charge in [-0.05, 0) is 60.1 Å². The molecule has 6 heteroatoms. The molecule has 1 amide bonds. The van der Waals surface area contributed by atoms with Crippen molar-refractivity contribution in [2.24, 2.45) is 0 Å².